The monoisotopic (exact) mass is 264 g/mol. The first-order valence-electron chi connectivity index (χ1n) is 7.57. The van der Waals surface area contributed by atoms with Crippen molar-refractivity contribution in [2.45, 2.75) is 19.3 Å². The third-order valence-electron chi connectivity index (χ3n) is 4.70. The molecule has 0 aromatic rings. The van der Waals surface area contributed by atoms with Crippen molar-refractivity contribution in [1.29, 1.82) is 0 Å². The number of hydrogen-bond acceptors (Lipinski definition) is 3. The van der Waals surface area contributed by atoms with Crippen molar-refractivity contribution in [3.8, 4) is 0 Å². The molecule has 19 heavy (non-hydrogen) atoms. The average Bonchev–Trinajstić information content (AvgIpc) is 3.07. The molecule has 4 heteroatoms. The average molecular weight is 264 g/mol. The van der Waals surface area contributed by atoms with Gasteiger partial charge in [0.25, 0.3) is 0 Å². The molecular formula is C15H24N2O2. The third-order valence-corrected chi connectivity index (χ3v) is 4.70. The lowest BCUT2D eigenvalue weighted by Gasteiger charge is -2.27. The Morgan fingerprint density at radius 1 is 1.26 bits per heavy atom. The predicted octanol–water partition coefficient (Wildman–Crippen LogP) is 1.04. The van der Waals surface area contributed by atoms with Gasteiger partial charge in [-0.15, -0.1) is 0 Å². The molecule has 0 aromatic heterocycles. The number of morpholine rings is 1. The lowest BCUT2D eigenvalue weighted by molar-refractivity contribution is -0.135. The highest BCUT2D eigenvalue weighted by Crippen LogP contribution is 2.42. The Kier molecular flexibility index (Phi) is 4.18. The molecule has 3 atom stereocenters. The van der Waals surface area contributed by atoms with E-state index in [2.05, 4.69) is 17.5 Å². The minimum absolute atomic E-state index is 0.267. The Morgan fingerprint density at radius 3 is 2.79 bits per heavy atom. The number of allylic oxidation sites excluding steroid dienone is 2. The number of hydrogen-bond donors (Lipinski definition) is 1. The standard InChI is InChI=1S/C15H24N2O2/c18-15(17-5-7-19-8-6-17)3-4-16-11-14-10-12-1-2-13(14)9-12/h1-2,12-14,16H,3-11H2. The zero-order valence-electron chi connectivity index (χ0n) is 11.5. The van der Waals surface area contributed by atoms with E-state index in [0.717, 1.165) is 43.9 Å². The molecule has 1 N–H and O–H groups in total. The molecule has 0 aromatic carbocycles. The smallest absolute Gasteiger partial charge is 0.224 e. The van der Waals surface area contributed by atoms with Gasteiger partial charge in [0.05, 0.1) is 13.2 Å². The van der Waals surface area contributed by atoms with Gasteiger partial charge in [0.1, 0.15) is 0 Å². The fourth-order valence-electron chi connectivity index (χ4n) is 3.58. The van der Waals surface area contributed by atoms with Crippen LogP contribution in [-0.4, -0.2) is 50.2 Å². The highest BCUT2D eigenvalue weighted by Gasteiger charge is 2.34. The van der Waals surface area contributed by atoms with Crippen LogP contribution in [0.5, 0.6) is 0 Å². The van der Waals surface area contributed by atoms with Crippen LogP contribution in [0.3, 0.4) is 0 Å². The van der Waals surface area contributed by atoms with Crippen LogP contribution in [-0.2, 0) is 9.53 Å². The van der Waals surface area contributed by atoms with E-state index in [0.29, 0.717) is 19.6 Å². The van der Waals surface area contributed by atoms with E-state index in [1.807, 2.05) is 4.90 Å². The van der Waals surface area contributed by atoms with E-state index in [1.165, 1.54) is 12.8 Å². The molecule has 3 rings (SSSR count). The van der Waals surface area contributed by atoms with Crippen LogP contribution >= 0.6 is 0 Å². The zero-order valence-corrected chi connectivity index (χ0v) is 11.5. The molecule has 4 nitrogen and oxygen atoms in total. The van der Waals surface area contributed by atoms with E-state index in [-0.39, 0.29) is 5.91 Å². The first kappa shape index (κ1) is 13.1. The van der Waals surface area contributed by atoms with Crippen LogP contribution in [0.15, 0.2) is 12.2 Å². The molecule has 2 bridgehead atoms. The van der Waals surface area contributed by atoms with Gasteiger partial charge >= 0.3 is 0 Å². The summed E-state index contributed by atoms with van der Waals surface area (Å²) in [4.78, 5) is 13.9. The molecule has 3 aliphatic rings. The van der Waals surface area contributed by atoms with Gasteiger partial charge in [0.15, 0.2) is 0 Å². The van der Waals surface area contributed by atoms with E-state index in [4.69, 9.17) is 4.74 Å². The van der Waals surface area contributed by atoms with Crippen LogP contribution in [0.2, 0.25) is 0 Å². The molecule has 2 fully saturated rings. The van der Waals surface area contributed by atoms with Gasteiger partial charge in [-0.05, 0) is 37.1 Å². The van der Waals surface area contributed by atoms with Gasteiger partial charge < -0.3 is 15.0 Å². The van der Waals surface area contributed by atoms with E-state index in [9.17, 15) is 4.79 Å². The Bertz CT molecular complexity index is 350. The van der Waals surface area contributed by atoms with Gasteiger partial charge in [-0.3, -0.25) is 4.79 Å². The summed E-state index contributed by atoms with van der Waals surface area (Å²) in [6.45, 7) is 4.79. The van der Waals surface area contributed by atoms with Crippen LogP contribution in [0.25, 0.3) is 0 Å². The van der Waals surface area contributed by atoms with Crippen LogP contribution in [0, 0.1) is 17.8 Å². The predicted molar refractivity (Wildman–Crippen MR) is 73.7 cm³/mol. The van der Waals surface area contributed by atoms with Gasteiger partial charge in [-0.1, -0.05) is 12.2 Å². The maximum absolute atomic E-state index is 11.9. The number of amides is 1. The van der Waals surface area contributed by atoms with Crippen molar-refractivity contribution < 1.29 is 9.53 Å². The Balaban J connectivity index is 1.30. The van der Waals surface area contributed by atoms with Crippen molar-refractivity contribution in [2.75, 3.05) is 39.4 Å². The SMILES string of the molecule is O=C(CCNCC1CC2C=CC1C2)N1CCOCC1. The number of carbonyl (C=O) groups excluding carboxylic acids is 1. The van der Waals surface area contributed by atoms with Crippen molar-refractivity contribution in [2.24, 2.45) is 17.8 Å². The number of ether oxygens (including phenoxy) is 1. The molecule has 3 unspecified atom stereocenters. The topological polar surface area (TPSA) is 41.6 Å². The first-order chi connectivity index (χ1) is 9.33. The van der Waals surface area contributed by atoms with Gasteiger partial charge in [0, 0.05) is 26.1 Å². The summed E-state index contributed by atoms with van der Waals surface area (Å²) in [6, 6.07) is 0. The van der Waals surface area contributed by atoms with E-state index >= 15 is 0 Å². The van der Waals surface area contributed by atoms with Crippen molar-refractivity contribution in [1.82, 2.24) is 10.2 Å². The van der Waals surface area contributed by atoms with Crippen molar-refractivity contribution in [3.63, 3.8) is 0 Å². The number of nitrogens with one attached hydrogen (secondary N) is 1. The number of carbonyl (C=O) groups is 1. The summed E-state index contributed by atoms with van der Waals surface area (Å²) in [5.74, 6) is 2.70. The summed E-state index contributed by atoms with van der Waals surface area (Å²) in [5, 5.41) is 3.47. The normalized spacial score (nSPS) is 33.1. The highest BCUT2D eigenvalue weighted by molar-refractivity contribution is 5.76. The summed E-state index contributed by atoms with van der Waals surface area (Å²) in [7, 11) is 0. The minimum atomic E-state index is 0.267. The molecule has 106 valence electrons. The molecular weight excluding hydrogens is 240 g/mol. The maximum Gasteiger partial charge on any atom is 0.224 e. The van der Waals surface area contributed by atoms with Crippen LogP contribution < -0.4 is 5.32 Å². The van der Waals surface area contributed by atoms with E-state index in [1.54, 1.807) is 0 Å². The van der Waals surface area contributed by atoms with Crippen molar-refractivity contribution in [3.05, 3.63) is 12.2 Å². The lowest BCUT2D eigenvalue weighted by Crippen LogP contribution is -2.41. The minimum Gasteiger partial charge on any atom is -0.378 e. The fraction of sp³-hybridized carbons (Fsp3) is 0.800. The summed E-state index contributed by atoms with van der Waals surface area (Å²) >= 11 is 0. The Labute approximate surface area is 115 Å². The van der Waals surface area contributed by atoms with Crippen LogP contribution in [0.1, 0.15) is 19.3 Å². The van der Waals surface area contributed by atoms with Crippen molar-refractivity contribution >= 4 is 5.91 Å². The summed E-state index contributed by atoms with van der Waals surface area (Å²) < 4.78 is 5.26. The second kappa shape index (κ2) is 6.06. The molecule has 1 saturated carbocycles. The van der Waals surface area contributed by atoms with Crippen LogP contribution in [0.4, 0.5) is 0 Å². The first-order valence-corrected chi connectivity index (χ1v) is 7.57. The molecule has 1 amide bonds. The van der Waals surface area contributed by atoms with Gasteiger partial charge in [-0.2, -0.15) is 0 Å². The lowest BCUT2D eigenvalue weighted by atomic mass is 9.94. The molecule has 0 radical (unpaired) electrons. The Morgan fingerprint density at radius 2 is 2.11 bits per heavy atom. The van der Waals surface area contributed by atoms with Gasteiger partial charge in [-0.25, -0.2) is 0 Å². The molecule has 1 saturated heterocycles. The molecule has 2 aliphatic carbocycles. The maximum atomic E-state index is 11.9. The fourth-order valence-corrected chi connectivity index (χ4v) is 3.58. The van der Waals surface area contributed by atoms with E-state index < -0.39 is 0 Å². The molecule has 1 heterocycles. The second-order valence-electron chi connectivity index (χ2n) is 5.99. The largest absolute Gasteiger partial charge is 0.378 e. The Hall–Kier alpha value is -0.870. The number of nitrogens with zero attached hydrogens (tertiary/aromatic N) is 1. The van der Waals surface area contributed by atoms with Gasteiger partial charge in [0.2, 0.25) is 5.91 Å². The third kappa shape index (κ3) is 3.18. The number of fused-ring (bicyclic) bond motifs is 2. The zero-order chi connectivity index (χ0) is 13.1. The summed E-state index contributed by atoms with van der Waals surface area (Å²) in [5.41, 5.74) is 0. The summed E-state index contributed by atoms with van der Waals surface area (Å²) in [6.07, 6.45) is 8.09. The highest BCUT2D eigenvalue weighted by atomic mass is 16.5. The molecule has 0 spiro atoms. The quantitative estimate of drug-likeness (QED) is 0.596. The number of rotatable bonds is 5. The molecule has 1 aliphatic heterocycles. The second-order valence-corrected chi connectivity index (χ2v) is 5.99.